The highest BCUT2D eigenvalue weighted by Gasteiger charge is 2.38. The lowest BCUT2D eigenvalue weighted by Gasteiger charge is -2.27. The number of ketones is 1. The molecule has 0 amide bonds. The number of hydrogen-bond acceptors (Lipinski definition) is 3. The highest BCUT2D eigenvalue weighted by molar-refractivity contribution is 5.83. The number of likely N-dealkylation sites (tertiary alicyclic amines) is 1. The summed E-state index contributed by atoms with van der Waals surface area (Å²) in [7, 11) is 0. The van der Waals surface area contributed by atoms with E-state index < -0.39 is 0 Å². The first kappa shape index (κ1) is 14.8. The third kappa shape index (κ3) is 3.05. The summed E-state index contributed by atoms with van der Waals surface area (Å²) in [4.78, 5) is 14.5. The highest BCUT2D eigenvalue weighted by atomic mass is 16.1. The molecule has 2 fully saturated rings. The fraction of sp³-hybridized carbons (Fsp3) is 0.765. The fourth-order valence-electron chi connectivity index (χ4n) is 3.86. The van der Waals surface area contributed by atoms with E-state index in [1.807, 2.05) is 0 Å². The predicted octanol–water partition coefficient (Wildman–Crippen LogP) is 3.19. The molecule has 4 nitrogen and oxygen atoms in total. The van der Waals surface area contributed by atoms with E-state index in [2.05, 4.69) is 35.7 Å². The van der Waals surface area contributed by atoms with E-state index in [9.17, 15) is 4.79 Å². The maximum absolute atomic E-state index is 12.0. The van der Waals surface area contributed by atoms with E-state index in [-0.39, 0.29) is 0 Å². The van der Waals surface area contributed by atoms with Crippen LogP contribution in [0.25, 0.3) is 0 Å². The smallest absolute Gasteiger partial charge is 0.137 e. The molecule has 2 heterocycles. The van der Waals surface area contributed by atoms with Crippen molar-refractivity contribution in [2.24, 2.45) is 5.92 Å². The van der Waals surface area contributed by atoms with Crippen molar-refractivity contribution in [1.82, 2.24) is 14.7 Å². The van der Waals surface area contributed by atoms with E-state index >= 15 is 0 Å². The van der Waals surface area contributed by atoms with Crippen molar-refractivity contribution in [1.29, 1.82) is 0 Å². The van der Waals surface area contributed by atoms with Gasteiger partial charge in [-0.15, -0.1) is 0 Å². The molecule has 1 aliphatic heterocycles. The van der Waals surface area contributed by atoms with Gasteiger partial charge in [0.2, 0.25) is 0 Å². The average molecular weight is 289 g/mol. The molecule has 2 aliphatic rings. The fourth-order valence-corrected chi connectivity index (χ4v) is 3.86. The number of aromatic nitrogens is 2. The summed E-state index contributed by atoms with van der Waals surface area (Å²) in [5.74, 6) is 0.793. The van der Waals surface area contributed by atoms with Crippen molar-refractivity contribution >= 4 is 5.78 Å². The van der Waals surface area contributed by atoms with Crippen LogP contribution in [0, 0.1) is 5.92 Å². The maximum Gasteiger partial charge on any atom is 0.137 e. The Morgan fingerprint density at radius 1 is 1.38 bits per heavy atom. The lowest BCUT2D eigenvalue weighted by molar-refractivity contribution is -0.122. The predicted molar refractivity (Wildman–Crippen MR) is 83.0 cm³/mol. The molecule has 1 saturated carbocycles. The van der Waals surface area contributed by atoms with Crippen molar-refractivity contribution in [2.75, 3.05) is 6.54 Å². The molecule has 1 aromatic rings. The van der Waals surface area contributed by atoms with Crippen LogP contribution in [0.3, 0.4) is 0 Å². The summed E-state index contributed by atoms with van der Waals surface area (Å²) < 4.78 is 2.07. The first-order valence-corrected chi connectivity index (χ1v) is 8.50. The molecule has 21 heavy (non-hydrogen) atoms. The van der Waals surface area contributed by atoms with Crippen LogP contribution < -0.4 is 0 Å². The molecule has 0 bridgehead atoms. The molecular weight excluding hydrogens is 262 g/mol. The molecule has 1 aliphatic carbocycles. The maximum atomic E-state index is 12.0. The monoisotopic (exact) mass is 289 g/mol. The van der Waals surface area contributed by atoms with Crippen molar-refractivity contribution in [3.63, 3.8) is 0 Å². The van der Waals surface area contributed by atoms with Gasteiger partial charge in [0.1, 0.15) is 5.78 Å². The van der Waals surface area contributed by atoms with Gasteiger partial charge in [0.15, 0.2) is 0 Å². The van der Waals surface area contributed by atoms with Gasteiger partial charge in [-0.1, -0.05) is 6.92 Å². The normalized spacial score (nSPS) is 28.4. The molecule has 4 heteroatoms. The van der Waals surface area contributed by atoms with Gasteiger partial charge in [-0.3, -0.25) is 14.4 Å². The summed E-state index contributed by atoms with van der Waals surface area (Å²) in [6.07, 6.45) is 8.60. The number of rotatable bonds is 5. The SMILES string of the molecule is CCC(C)n1ccc(CN2CCCC2C2CCCC2=O)n1. The van der Waals surface area contributed by atoms with Crippen molar-refractivity contribution in [3.05, 3.63) is 18.0 Å². The zero-order valence-electron chi connectivity index (χ0n) is 13.3. The van der Waals surface area contributed by atoms with Gasteiger partial charge < -0.3 is 0 Å². The van der Waals surface area contributed by atoms with E-state index in [0.29, 0.717) is 23.8 Å². The second kappa shape index (κ2) is 6.30. The lowest BCUT2D eigenvalue weighted by atomic mass is 9.95. The second-order valence-electron chi connectivity index (χ2n) is 6.69. The van der Waals surface area contributed by atoms with E-state index in [1.54, 1.807) is 0 Å². The Morgan fingerprint density at radius 2 is 2.24 bits per heavy atom. The summed E-state index contributed by atoms with van der Waals surface area (Å²) in [5.41, 5.74) is 1.15. The number of Topliss-reactive ketones (excluding diaryl/α,β-unsaturated/α-hetero) is 1. The van der Waals surface area contributed by atoms with Crippen molar-refractivity contribution in [2.45, 2.75) is 71.0 Å². The van der Waals surface area contributed by atoms with Gasteiger partial charge in [-0.2, -0.15) is 5.10 Å². The van der Waals surface area contributed by atoms with Crippen LogP contribution in [-0.4, -0.2) is 33.1 Å². The standard InChI is InChI=1S/C17H27N3O/c1-3-13(2)20-11-9-14(18-20)12-19-10-5-7-16(19)15-6-4-8-17(15)21/h9,11,13,15-16H,3-8,10,12H2,1-2H3. The molecule has 0 radical (unpaired) electrons. The van der Waals surface area contributed by atoms with Crippen LogP contribution in [0.4, 0.5) is 0 Å². The van der Waals surface area contributed by atoms with Crippen LogP contribution in [0.2, 0.25) is 0 Å². The van der Waals surface area contributed by atoms with Gasteiger partial charge >= 0.3 is 0 Å². The molecule has 3 rings (SSSR count). The van der Waals surface area contributed by atoms with Crippen molar-refractivity contribution in [3.8, 4) is 0 Å². The molecule has 0 aromatic carbocycles. The topological polar surface area (TPSA) is 38.1 Å². The number of carbonyl (C=O) groups excluding carboxylic acids is 1. The van der Waals surface area contributed by atoms with Gasteiger partial charge in [-0.25, -0.2) is 0 Å². The van der Waals surface area contributed by atoms with Crippen LogP contribution in [0.1, 0.15) is 64.1 Å². The third-order valence-electron chi connectivity index (χ3n) is 5.30. The molecule has 1 aromatic heterocycles. The Hall–Kier alpha value is -1.16. The first-order chi connectivity index (χ1) is 10.2. The Labute approximate surface area is 127 Å². The van der Waals surface area contributed by atoms with Gasteiger partial charge in [0, 0.05) is 37.2 Å². The number of carbonyl (C=O) groups is 1. The molecule has 116 valence electrons. The van der Waals surface area contributed by atoms with Crippen molar-refractivity contribution < 1.29 is 4.79 Å². The Morgan fingerprint density at radius 3 is 2.95 bits per heavy atom. The lowest BCUT2D eigenvalue weighted by Crippen LogP contribution is -2.37. The van der Waals surface area contributed by atoms with E-state index in [1.165, 1.54) is 12.8 Å². The summed E-state index contributed by atoms with van der Waals surface area (Å²) >= 11 is 0. The highest BCUT2D eigenvalue weighted by Crippen LogP contribution is 2.33. The Bertz CT molecular complexity index is 496. The molecule has 1 saturated heterocycles. The molecule has 3 unspecified atom stereocenters. The molecule has 0 spiro atoms. The van der Waals surface area contributed by atoms with Crippen LogP contribution in [-0.2, 0) is 11.3 Å². The Balaban J connectivity index is 1.66. The first-order valence-electron chi connectivity index (χ1n) is 8.50. The molecular formula is C17H27N3O. The number of hydrogen-bond donors (Lipinski definition) is 0. The largest absolute Gasteiger partial charge is 0.299 e. The van der Waals surface area contributed by atoms with Crippen LogP contribution in [0.15, 0.2) is 12.3 Å². The van der Waals surface area contributed by atoms with E-state index in [4.69, 9.17) is 5.10 Å². The zero-order chi connectivity index (χ0) is 14.8. The third-order valence-corrected chi connectivity index (χ3v) is 5.30. The van der Waals surface area contributed by atoms with Gasteiger partial charge in [0.05, 0.1) is 5.69 Å². The minimum absolute atomic E-state index is 0.296. The van der Waals surface area contributed by atoms with Gasteiger partial charge in [0.25, 0.3) is 0 Å². The van der Waals surface area contributed by atoms with Gasteiger partial charge in [-0.05, 0) is 51.6 Å². The Kier molecular flexibility index (Phi) is 4.43. The molecule has 3 atom stereocenters. The minimum atomic E-state index is 0.296. The van der Waals surface area contributed by atoms with Crippen LogP contribution >= 0.6 is 0 Å². The number of nitrogens with zero attached hydrogens (tertiary/aromatic N) is 3. The minimum Gasteiger partial charge on any atom is -0.299 e. The summed E-state index contributed by atoms with van der Waals surface area (Å²) in [6.45, 7) is 6.41. The zero-order valence-corrected chi connectivity index (χ0v) is 13.3. The average Bonchev–Trinajstić information content (AvgIpc) is 3.19. The summed E-state index contributed by atoms with van der Waals surface area (Å²) in [6, 6.07) is 3.07. The molecule has 0 N–H and O–H groups in total. The van der Waals surface area contributed by atoms with E-state index in [0.717, 1.165) is 44.5 Å². The van der Waals surface area contributed by atoms with Crippen LogP contribution in [0.5, 0.6) is 0 Å². The quantitative estimate of drug-likeness (QED) is 0.835. The summed E-state index contributed by atoms with van der Waals surface area (Å²) in [5, 5.41) is 4.71. The second-order valence-corrected chi connectivity index (χ2v) is 6.69.